The van der Waals surface area contributed by atoms with Crippen LogP contribution in [0.4, 0.5) is 0 Å². The lowest BCUT2D eigenvalue weighted by atomic mass is 10.1. The van der Waals surface area contributed by atoms with Crippen LogP contribution in [-0.2, 0) is 4.74 Å². The molecule has 0 aliphatic carbocycles. The molecule has 0 bridgehead atoms. The molecule has 4 heteroatoms. The lowest BCUT2D eigenvalue weighted by Crippen LogP contribution is -2.17. The van der Waals surface area contributed by atoms with Gasteiger partial charge in [0.1, 0.15) is 6.61 Å². The third kappa shape index (κ3) is 4.36. The van der Waals surface area contributed by atoms with Crippen LogP contribution in [0.5, 0.6) is 0 Å². The quantitative estimate of drug-likeness (QED) is 0.738. The second-order valence-electron chi connectivity index (χ2n) is 4.27. The molecule has 0 fully saturated rings. The van der Waals surface area contributed by atoms with Gasteiger partial charge in [0.2, 0.25) is 0 Å². The molecule has 1 unspecified atom stereocenters. The maximum Gasteiger partial charge on any atom is 0.199 e. The van der Waals surface area contributed by atoms with Crippen molar-refractivity contribution >= 4 is 33.0 Å². The Morgan fingerprint density at radius 1 is 1.50 bits per heavy atom. The highest BCUT2D eigenvalue weighted by molar-refractivity contribution is 9.10. The number of hydrogen-bond acceptors (Lipinski definition) is 3. The van der Waals surface area contributed by atoms with Crippen molar-refractivity contribution in [1.82, 2.24) is 0 Å². The highest BCUT2D eigenvalue weighted by Gasteiger charge is 2.13. The Balaban J connectivity index is 2.39. The Hall–Kier alpha value is -0.190. The first-order valence-corrected chi connectivity index (χ1v) is 7.05. The Bertz CT molecular complexity index is 347. The van der Waals surface area contributed by atoms with Crippen LogP contribution in [0.25, 0.3) is 0 Å². The van der Waals surface area contributed by atoms with E-state index in [0.717, 1.165) is 15.8 Å². The normalized spacial score (nSPS) is 13.1. The lowest BCUT2D eigenvalue weighted by molar-refractivity contribution is 0.0447. The molecule has 1 rings (SSSR count). The van der Waals surface area contributed by atoms with Crippen LogP contribution >= 0.6 is 27.3 Å². The predicted octanol–water partition coefficient (Wildman–Crippen LogP) is 4.14. The van der Waals surface area contributed by atoms with E-state index in [0.29, 0.717) is 5.92 Å². The SMILES string of the molecule is CC(C)CC(C)OCC(=O)c1sccc1Br. The summed E-state index contributed by atoms with van der Waals surface area (Å²) in [4.78, 5) is 12.5. The molecule has 0 aliphatic rings. The average molecular weight is 305 g/mol. The third-order valence-corrected chi connectivity index (χ3v) is 4.05. The fraction of sp³-hybridized carbons (Fsp3) is 0.583. The minimum atomic E-state index is 0.0532. The highest BCUT2D eigenvalue weighted by atomic mass is 79.9. The molecule has 1 aromatic heterocycles. The Labute approximate surface area is 109 Å². The molecule has 0 saturated heterocycles. The molecular formula is C12H17BrO2S. The van der Waals surface area contributed by atoms with Crippen molar-refractivity contribution in [2.45, 2.75) is 33.3 Å². The van der Waals surface area contributed by atoms with Gasteiger partial charge in [0.25, 0.3) is 0 Å². The van der Waals surface area contributed by atoms with E-state index in [4.69, 9.17) is 4.74 Å². The third-order valence-electron chi connectivity index (χ3n) is 2.17. The van der Waals surface area contributed by atoms with Crippen molar-refractivity contribution in [1.29, 1.82) is 0 Å². The number of ether oxygens (including phenoxy) is 1. The fourth-order valence-electron chi connectivity index (χ4n) is 1.51. The predicted molar refractivity (Wildman–Crippen MR) is 71.2 cm³/mol. The largest absolute Gasteiger partial charge is 0.370 e. The van der Waals surface area contributed by atoms with Crippen LogP contribution < -0.4 is 0 Å². The summed E-state index contributed by atoms with van der Waals surface area (Å²) in [6.45, 7) is 6.48. The van der Waals surface area contributed by atoms with E-state index in [-0.39, 0.29) is 18.5 Å². The Kier molecular flexibility index (Phi) is 5.66. The van der Waals surface area contributed by atoms with E-state index in [9.17, 15) is 4.79 Å². The number of carbonyl (C=O) groups is 1. The van der Waals surface area contributed by atoms with Crippen LogP contribution in [0.15, 0.2) is 15.9 Å². The Morgan fingerprint density at radius 3 is 2.69 bits per heavy atom. The summed E-state index contributed by atoms with van der Waals surface area (Å²) in [6, 6.07) is 1.88. The first-order valence-electron chi connectivity index (χ1n) is 5.38. The minimum absolute atomic E-state index is 0.0532. The first-order chi connectivity index (χ1) is 7.50. The van der Waals surface area contributed by atoms with Gasteiger partial charge < -0.3 is 4.74 Å². The van der Waals surface area contributed by atoms with Crippen molar-refractivity contribution in [2.24, 2.45) is 5.92 Å². The van der Waals surface area contributed by atoms with E-state index in [1.54, 1.807) is 0 Å². The van der Waals surface area contributed by atoms with Crippen LogP contribution in [0.1, 0.15) is 36.9 Å². The van der Waals surface area contributed by atoms with Crippen molar-refractivity contribution in [3.05, 3.63) is 20.8 Å². The van der Waals surface area contributed by atoms with E-state index in [1.807, 2.05) is 18.4 Å². The van der Waals surface area contributed by atoms with Crippen LogP contribution in [-0.4, -0.2) is 18.5 Å². The number of thiophene rings is 1. The standard InChI is InChI=1S/C12H17BrO2S/c1-8(2)6-9(3)15-7-11(14)12-10(13)4-5-16-12/h4-5,8-9H,6-7H2,1-3H3. The lowest BCUT2D eigenvalue weighted by Gasteiger charge is -2.14. The second kappa shape index (κ2) is 6.52. The zero-order valence-corrected chi connectivity index (χ0v) is 12.2. The molecule has 0 spiro atoms. The molecule has 90 valence electrons. The van der Waals surface area contributed by atoms with Gasteiger partial charge in [-0.25, -0.2) is 0 Å². The minimum Gasteiger partial charge on any atom is -0.370 e. The van der Waals surface area contributed by atoms with Crippen LogP contribution in [0.3, 0.4) is 0 Å². The maximum atomic E-state index is 11.8. The summed E-state index contributed by atoms with van der Waals surface area (Å²) < 4.78 is 6.39. The second-order valence-corrected chi connectivity index (χ2v) is 6.04. The van der Waals surface area contributed by atoms with Crippen molar-refractivity contribution < 1.29 is 9.53 Å². The monoisotopic (exact) mass is 304 g/mol. The molecule has 0 N–H and O–H groups in total. The summed E-state index contributed by atoms with van der Waals surface area (Å²) >= 11 is 4.80. The molecule has 0 saturated carbocycles. The van der Waals surface area contributed by atoms with Gasteiger partial charge in [-0.15, -0.1) is 11.3 Å². The van der Waals surface area contributed by atoms with Gasteiger partial charge in [0.05, 0.1) is 11.0 Å². The molecule has 0 radical (unpaired) electrons. The molecule has 0 aromatic carbocycles. The molecule has 0 amide bonds. The van der Waals surface area contributed by atoms with Gasteiger partial charge in [0, 0.05) is 4.47 Å². The summed E-state index contributed by atoms with van der Waals surface area (Å²) in [6.07, 6.45) is 1.13. The van der Waals surface area contributed by atoms with Crippen molar-refractivity contribution in [3.8, 4) is 0 Å². The van der Waals surface area contributed by atoms with Crippen LogP contribution in [0, 0.1) is 5.92 Å². The summed E-state index contributed by atoms with van der Waals surface area (Å²) in [5.41, 5.74) is 0. The molecule has 1 aromatic rings. The smallest absolute Gasteiger partial charge is 0.199 e. The number of carbonyl (C=O) groups excluding carboxylic acids is 1. The van der Waals surface area contributed by atoms with Gasteiger partial charge in [-0.3, -0.25) is 4.79 Å². The number of Topliss-reactive ketones (excluding diaryl/α,β-unsaturated/α-hetero) is 1. The molecule has 16 heavy (non-hydrogen) atoms. The van der Waals surface area contributed by atoms with E-state index >= 15 is 0 Å². The van der Waals surface area contributed by atoms with Crippen molar-refractivity contribution in [3.63, 3.8) is 0 Å². The maximum absolute atomic E-state index is 11.8. The highest BCUT2D eigenvalue weighted by Crippen LogP contribution is 2.23. The fourth-order valence-corrected chi connectivity index (χ4v) is 3.03. The zero-order valence-electron chi connectivity index (χ0n) is 9.83. The average Bonchev–Trinajstić information content (AvgIpc) is 2.60. The van der Waals surface area contributed by atoms with Crippen LogP contribution in [0.2, 0.25) is 0 Å². The zero-order chi connectivity index (χ0) is 12.1. The number of halogens is 1. The topological polar surface area (TPSA) is 26.3 Å². The molecule has 0 aliphatic heterocycles. The molecule has 1 atom stereocenters. The van der Waals surface area contributed by atoms with E-state index < -0.39 is 0 Å². The first kappa shape index (κ1) is 13.9. The van der Waals surface area contributed by atoms with Gasteiger partial charge in [0.15, 0.2) is 5.78 Å². The molecule has 1 heterocycles. The van der Waals surface area contributed by atoms with Gasteiger partial charge >= 0.3 is 0 Å². The summed E-state index contributed by atoms with van der Waals surface area (Å²) in [5.74, 6) is 0.649. The molecular weight excluding hydrogens is 288 g/mol. The number of rotatable bonds is 6. The number of hydrogen-bond donors (Lipinski definition) is 0. The van der Waals surface area contributed by atoms with Gasteiger partial charge in [-0.05, 0) is 46.6 Å². The van der Waals surface area contributed by atoms with E-state index in [2.05, 4.69) is 29.8 Å². The van der Waals surface area contributed by atoms with Gasteiger partial charge in [-0.2, -0.15) is 0 Å². The molecule has 2 nitrogen and oxygen atoms in total. The summed E-state index contributed by atoms with van der Waals surface area (Å²) in [5, 5.41) is 1.90. The Morgan fingerprint density at radius 2 is 2.19 bits per heavy atom. The summed E-state index contributed by atoms with van der Waals surface area (Å²) in [7, 11) is 0. The van der Waals surface area contributed by atoms with E-state index in [1.165, 1.54) is 11.3 Å². The number of ketones is 1. The van der Waals surface area contributed by atoms with Crippen molar-refractivity contribution in [2.75, 3.05) is 6.61 Å². The van der Waals surface area contributed by atoms with Gasteiger partial charge in [-0.1, -0.05) is 13.8 Å².